The van der Waals surface area contributed by atoms with Crippen molar-refractivity contribution >= 4 is 0 Å². The van der Waals surface area contributed by atoms with Gasteiger partial charge in [-0.05, 0) is 31.4 Å². The fourth-order valence-corrected chi connectivity index (χ4v) is 1.75. The first-order valence-corrected chi connectivity index (χ1v) is 5.24. The van der Waals surface area contributed by atoms with Gasteiger partial charge in [0, 0.05) is 0 Å². The average Bonchev–Trinajstić information content (AvgIpc) is 2.12. The summed E-state index contributed by atoms with van der Waals surface area (Å²) in [4.78, 5) is 0. The zero-order valence-corrected chi connectivity index (χ0v) is 8.48. The third-order valence-electron chi connectivity index (χ3n) is 2.94. The molecule has 0 radical (unpaired) electrons. The fraction of sp³-hybridized carbons (Fsp3) is 0.636. The first kappa shape index (κ1) is 9.59. The lowest BCUT2D eigenvalue weighted by molar-refractivity contribution is 0.114. The van der Waals surface area contributed by atoms with Crippen LogP contribution >= 0.6 is 0 Å². The normalized spacial score (nSPS) is 19.0. The molecule has 3 nitrogen and oxygen atoms in total. The maximum Gasteiger partial charge on any atom is 0.0981 e. The van der Waals surface area contributed by atoms with Gasteiger partial charge in [0.2, 0.25) is 0 Å². The Hall–Kier alpha value is -0.960. The van der Waals surface area contributed by atoms with Gasteiger partial charge in [-0.3, -0.25) is 0 Å². The minimum atomic E-state index is -0.423. The van der Waals surface area contributed by atoms with Crippen molar-refractivity contribution in [3.05, 3.63) is 23.5 Å². The predicted octanol–water partition coefficient (Wildman–Crippen LogP) is 2.01. The van der Waals surface area contributed by atoms with E-state index in [1.54, 1.807) is 0 Å². The molecule has 1 aliphatic carbocycles. The second-order valence-corrected chi connectivity index (χ2v) is 4.15. The summed E-state index contributed by atoms with van der Waals surface area (Å²) < 4.78 is 0. The maximum absolute atomic E-state index is 9.84. The summed E-state index contributed by atoms with van der Waals surface area (Å²) in [5.41, 5.74) is 1.60. The van der Waals surface area contributed by atoms with Crippen LogP contribution in [0.15, 0.2) is 12.1 Å². The van der Waals surface area contributed by atoms with Gasteiger partial charge in [0.15, 0.2) is 0 Å². The maximum atomic E-state index is 9.84. The molecule has 1 saturated carbocycles. The van der Waals surface area contributed by atoms with E-state index in [4.69, 9.17) is 0 Å². The lowest BCUT2D eigenvalue weighted by atomic mass is 9.81. The van der Waals surface area contributed by atoms with Gasteiger partial charge in [-0.2, -0.15) is 10.2 Å². The molecule has 3 heteroatoms. The van der Waals surface area contributed by atoms with Gasteiger partial charge in [-0.25, -0.2) is 0 Å². The van der Waals surface area contributed by atoms with E-state index in [-0.39, 0.29) is 0 Å². The Morgan fingerprint density at radius 2 is 2.21 bits per heavy atom. The lowest BCUT2D eigenvalue weighted by Crippen LogP contribution is -2.15. The highest BCUT2D eigenvalue weighted by molar-refractivity contribution is 5.08. The van der Waals surface area contributed by atoms with E-state index in [1.807, 2.05) is 19.1 Å². The minimum absolute atomic E-state index is 0.423. The number of rotatable bonds is 3. The van der Waals surface area contributed by atoms with E-state index in [2.05, 4.69) is 10.2 Å². The molecule has 1 aliphatic rings. The van der Waals surface area contributed by atoms with Crippen LogP contribution in [0.4, 0.5) is 0 Å². The molecule has 2 rings (SSSR count). The molecule has 0 amide bonds. The Morgan fingerprint density at radius 1 is 1.43 bits per heavy atom. The summed E-state index contributed by atoms with van der Waals surface area (Å²) in [6, 6.07) is 3.76. The highest BCUT2D eigenvalue weighted by Crippen LogP contribution is 2.33. The van der Waals surface area contributed by atoms with Crippen LogP contribution in [-0.4, -0.2) is 15.3 Å². The molecule has 0 saturated heterocycles. The third kappa shape index (κ3) is 2.10. The van der Waals surface area contributed by atoms with Gasteiger partial charge < -0.3 is 5.11 Å². The first-order chi connectivity index (χ1) is 6.75. The van der Waals surface area contributed by atoms with Crippen molar-refractivity contribution in [3.63, 3.8) is 0 Å². The van der Waals surface area contributed by atoms with Crippen LogP contribution in [0.5, 0.6) is 0 Å². The third-order valence-corrected chi connectivity index (χ3v) is 2.94. The largest absolute Gasteiger partial charge is 0.387 e. The van der Waals surface area contributed by atoms with Crippen LogP contribution in [0, 0.1) is 12.8 Å². The number of aryl methyl sites for hydroxylation is 1. The van der Waals surface area contributed by atoms with Gasteiger partial charge >= 0.3 is 0 Å². The molecule has 1 atom stereocenters. The molecule has 1 unspecified atom stereocenters. The SMILES string of the molecule is Cc1ccc(C(O)CC2CCC2)nn1. The topological polar surface area (TPSA) is 46.0 Å². The number of aliphatic hydroxyl groups is 1. The Kier molecular flexibility index (Phi) is 2.77. The Bertz CT molecular complexity index is 293. The Labute approximate surface area is 84.2 Å². The average molecular weight is 192 g/mol. The molecule has 0 aliphatic heterocycles. The predicted molar refractivity (Wildman–Crippen MR) is 53.7 cm³/mol. The number of nitrogens with zero attached hydrogens (tertiary/aromatic N) is 2. The molecular weight excluding hydrogens is 176 g/mol. The zero-order valence-electron chi connectivity index (χ0n) is 8.48. The van der Waals surface area contributed by atoms with Crippen molar-refractivity contribution in [2.45, 2.75) is 38.7 Å². The minimum Gasteiger partial charge on any atom is -0.387 e. The van der Waals surface area contributed by atoms with E-state index >= 15 is 0 Å². The number of hydrogen-bond acceptors (Lipinski definition) is 3. The monoisotopic (exact) mass is 192 g/mol. The second kappa shape index (κ2) is 4.05. The molecular formula is C11H16N2O. The summed E-state index contributed by atoms with van der Waals surface area (Å²) in [7, 11) is 0. The van der Waals surface area contributed by atoms with Crippen molar-refractivity contribution in [3.8, 4) is 0 Å². The second-order valence-electron chi connectivity index (χ2n) is 4.15. The highest BCUT2D eigenvalue weighted by Gasteiger charge is 2.22. The Balaban J connectivity index is 1.95. The van der Waals surface area contributed by atoms with E-state index in [0.717, 1.165) is 12.1 Å². The van der Waals surface area contributed by atoms with Crippen molar-refractivity contribution in [1.82, 2.24) is 10.2 Å². The molecule has 1 fully saturated rings. The molecule has 0 aromatic carbocycles. The van der Waals surface area contributed by atoms with Crippen molar-refractivity contribution in [2.75, 3.05) is 0 Å². The van der Waals surface area contributed by atoms with E-state index in [1.165, 1.54) is 19.3 Å². The summed E-state index contributed by atoms with van der Waals surface area (Å²) in [5.74, 6) is 0.702. The van der Waals surface area contributed by atoms with Gasteiger partial charge in [-0.1, -0.05) is 19.3 Å². The van der Waals surface area contributed by atoms with Gasteiger partial charge in [0.1, 0.15) is 0 Å². The van der Waals surface area contributed by atoms with Crippen molar-refractivity contribution in [1.29, 1.82) is 0 Å². The summed E-state index contributed by atoms with van der Waals surface area (Å²) in [6.07, 6.45) is 4.26. The fourth-order valence-electron chi connectivity index (χ4n) is 1.75. The molecule has 1 aromatic rings. The van der Waals surface area contributed by atoms with Crippen LogP contribution in [0.3, 0.4) is 0 Å². The Morgan fingerprint density at radius 3 is 2.71 bits per heavy atom. The zero-order chi connectivity index (χ0) is 9.97. The molecule has 1 heterocycles. The molecule has 0 spiro atoms. The summed E-state index contributed by atoms with van der Waals surface area (Å²) >= 11 is 0. The molecule has 1 N–H and O–H groups in total. The molecule has 0 bridgehead atoms. The highest BCUT2D eigenvalue weighted by atomic mass is 16.3. The van der Waals surface area contributed by atoms with Crippen molar-refractivity contribution in [2.24, 2.45) is 5.92 Å². The number of hydrogen-bond donors (Lipinski definition) is 1. The summed E-state index contributed by atoms with van der Waals surface area (Å²) in [5, 5.41) is 17.8. The number of aliphatic hydroxyl groups excluding tert-OH is 1. The van der Waals surface area contributed by atoms with Gasteiger partial charge in [0.05, 0.1) is 17.5 Å². The van der Waals surface area contributed by atoms with Gasteiger partial charge in [-0.15, -0.1) is 0 Å². The van der Waals surface area contributed by atoms with Crippen LogP contribution in [0.1, 0.15) is 43.2 Å². The molecule has 76 valence electrons. The van der Waals surface area contributed by atoms with Crippen LogP contribution in [0.2, 0.25) is 0 Å². The summed E-state index contributed by atoms with van der Waals surface area (Å²) in [6.45, 7) is 1.90. The van der Waals surface area contributed by atoms with Crippen molar-refractivity contribution < 1.29 is 5.11 Å². The van der Waals surface area contributed by atoms with E-state index < -0.39 is 6.10 Å². The smallest absolute Gasteiger partial charge is 0.0981 e. The van der Waals surface area contributed by atoms with Crippen LogP contribution in [0.25, 0.3) is 0 Å². The quantitative estimate of drug-likeness (QED) is 0.796. The van der Waals surface area contributed by atoms with Crippen LogP contribution < -0.4 is 0 Å². The first-order valence-electron chi connectivity index (χ1n) is 5.24. The number of aromatic nitrogens is 2. The lowest BCUT2D eigenvalue weighted by Gasteiger charge is -2.27. The van der Waals surface area contributed by atoms with E-state index in [0.29, 0.717) is 11.6 Å². The molecule has 14 heavy (non-hydrogen) atoms. The van der Waals surface area contributed by atoms with Crippen LogP contribution in [-0.2, 0) is 0 Å². The standard InChI is InChI=1S/C11H16N2O/c1-8-5-6-10(13-12-8)11(14)7-9-3-2-4-9/h5-6,9,11,14H,2-4,7H2,1H3. The van der Waals surface area contributed by atoms with E-state index in [9.17, 15) is 5.11 Å². The van der Waals surface area contributed by atoms with Gasteiger partial charge in [0.25, 0.3) is 0 Å². The molecule has 1 aromatic heterocycles.